The van der Waals surface area contributed by atoms with Gasteiger partial charge in [-0.3, -0.25) is 0 Å². The van der Waals surface area contributed by atoms with Crippen LogP contribution in [0.3, 0.4) is 0 Å². The van der Waals surface area contributed by atoms with Crippen LogP contribution in [0.5, 0.6) is 0 Å². The van der Waals surface area contributed by atoms with Gasteiger partial charge in [-0.25, -0.2) is 9.18 Å². The number of carboxylic acid groups (broad SMARTS) is 1. The molecule has 1 saturated carbocycles. The van der Waals surface area contributed by atoms with Gasteiger partial charge in [-0.1, -0.05) is 0 Å². The smallest absolute Gasteiger partial charge is 0.407 e. The molecule has 1 amide bonds. The number of piperidine rings is 1. The zero-order valence-corrected chi connectivity index (χ0v) is 7.95. The lowest BCUT2D eigenvalue weighted by Gasteiger charge is -2.33. The van der Waals surface area contributed by atoms with Crippen LogP contribution in [0.1, 0.15) is 19.3 Å². The Kier molecular flexibility index (Phi) is 2.58. The molecule has 0 radical (unpaired) electrons. The molecule has 0 aromatic carbocycles. The summed E-state index contributed by atoms with van der Waals surface area (Å²) in [4.78, 5) is 11.7. The van der Waals surface area contributed by atoms with Crippen molar-refractivity contribution in [2.24, 2.45) is 0 Å². The quantitative estimate of drug-likeness (QED) is 0.697. The van der Waals surface area contributed by atoms with E-state index in [-0.39, 0.29) is 12.6 Å². The number of halogens is 1. The maximum absolute atomic E-state index is 13.5. The molecule has 0 aromatic rings. The number of nitrogens with zero attached hydrogens (tertiary/aromatic N) is 1. The van der Waals surface area contributed by atoms with Crippen LogP contribution in [0.2, 0.25) is 0 Å². The summed E-state index contributed by atoms with van der Waals surface area (Å²) < 4.78 is 13.5. The highest BCUT2D eigenvalue weighted by molar-refractivity contribution is 5.65. The normalized spacial score (nSPS) is 33.1. The van der Waals surface area contributed by atoms with E-state index < -0.39 is 12.3 Å². The van der Waals surface area contributed by atoms with E-state index in [9.17, 15) is 9.18 Å². The summed E-state index contributed by atoms with van der Waals surface area (Å²) in [6, 6.07) is 0.340. The van der Waals surface area contributed by atoms with Crippen molar-refractivity contribution in [2.45, 2.75) is 37.5 Å². The number of nitrogens with one attached hydrogen (secondary N) is 1. The lowest BCUT2D eigenvalue weighted by Crippen LogP contribution is -2.52. The van der Waals surface area contributed by atoms with E-state index in [1.807, 2.05) is 0 Å². The van der Waals surface area contributed by atoms with E-state index in [1.54, 1.807) is 0 Å². The molecule has 0 spiro atoms. The Labute approximate surface area is 82.1 Å². The highest BCUT2D eigenvalue weighted by Gasteiger charge is 2.34. The largest absolute Gasteiger partial charge is 0.465 e. The molecule has 1 heterocycles. The van der Waals surface area contributed by atoms with E-state index >= 15 is 0 Å². The van der Waals surface area contributed by atoms with E-state index in [2.05, 4.69) is 5.32 Å². The molecule has 14 heavy (non-hydrogen) atoms. The van der Waals surface area contributed by atoms with Gasteiger partial charge in [0.15, 0.2) is 0 Å². The van der Waals surface area contributed by atoms with Gasteiger partial charge in [0.25, 0.3) is 0 Å². The molecule has 80 valence electrons. The first kappa shape index (κ1) is 9.71. The minimum atomic E-state index is -1.06. The molecular weight excluding hydrogens is 187 g/mol. The zero-order chi connectivity index (χ0) is 10.1. The van der Waals surface area contributed by atoms with Gasteiger partial charge in [0.1, 0.15) is 6.17 Å². The van der Waals surface area contributed by atoms with Gasteiger partial charge in [-0.15, -0.1) is 0 Å². The number of likely N-dealkylation sites (tertiary alicyclic amines) is 1. The predicted molar refractivity (Wildman–Crippen MR) is 49.1 cm³/mol. The number of carbonyl (C=O) groups is 1. The third kappa shape index (κ3) is 2.15. The summed E-state index contributed by atoms with van der Waals surface area (Å²) in [6.45, 7) is 0.458. The van der Waals surface area contributed by atoms with Crippen LogP contribution < -0.4 is 5.32 Å². The number of hydrogen-bond donors (Lipinski definition) is 2. The molecule has 2 atom stereocenters. The lowest BCUT2D eigenvalue weighted by molar-refractivity contribution is 0.0881. The minimum absolute atomic E-state index is 0.0136. The van der Waals surface area contributed by atoms with Crippen LogP contribution in [0.25, 0.3) is 0 Å². The summed E-state index contributed by atoms with van der Waals surface area (Å²) in [5, 5.41) is 11.9. The summed E-state index contributed by atoms with van der Waals surface area (Å²) in [6.07, 6.45) is 0.778. The molecule has 2 aliphatic rings. The summed E-state index contributed by atoms with van der Waals surface area (Å²) in [7, 11) is 0. The first-order chi connectivity index (χ1) is 6.66. The molecule has 1 aliphatic heterocycles. The van der Waals surface area contributed by atoms with Gasteiger partial charge in [-0.05, 0) is 19.3 Å². The molecule has 2 fully saturated rings. The average Bonchev–Trinajstić information content (AvgIpc) is 2.92. The van der Waals surface area contributed by atoms with Gasteiger partial charge >= 0.3 is 6.09 Å². The van der Waals surface area contributed by atoms with E-state index in [0.29, 0.717) is 19.0 Å². The SMILES string of the molecule is O=C(O)N1CCC(NC2CC2)C(F)C1. The van der Waals surface area contributed by atoms with Crippen molar-refractivity contribution in [3.8, 4) is 0 Å². The average molecular weight is 202 g/mol. The highest BCUT2D eigenvalue weighted by atomic mass is 19.1. The van der Waals surface area contributed by atoms with E-state index in [0.717, 1.165) is 17.7 Å². The summed E-state index contributed by atoms with van der Waals surface area (Å²) >= 11 is 0. The van der Waals surface area contributed by atoms with Crippen molar-refractivity contribution < 1.29 is 14.3 Å². The Morgan fingerprint density at radius 2 is 2.14 bits per heavy atom. The van der Waals surface area contributed by atoms with Crippen LogP contribution in [0, 0.1) is 0 Å². The summed E-state index contributed by atoms with van der Waals surface area (Å²) in [5.41, 5.74) is 0. The molecule has 0 aromatic heterocycles. The molecule has 1 saturated heterocycles. The number of amides is 1. The minimum Gasteiger partial charge on any atom is -0.465 e. The van der Waals surface area contributed by atoms with Crippen molar-refractivity contribution in [1.29, 1.82) is 0 Å². The van der Waals surface area contributed by atoms with Gasteiger partial charge in [-0.2, -0.15) is 0 Å². The van der Waals surface area contributed by atoms with Crippen molar-refractivity contribution in [3.05, 3.63) is 0 Å². The van der Waals surface area contributed by atoms with Crippen molar-refractivity contribution in [2.75, 3.05) is 13.1 Å². The molecule has 2 rings (SSSR count). The van der Waals surface area contributed by atoms with Gasteiger partial charge in [0.2, 0.25) is 0 Å². The van der Waals surface area contributed by atoms with Crippen LogP contribution in [-0.4, -0.2) is 47.4 Å². The second-order valence-electron chi connectivity index (χ2n) is 4.08. The molecule has 0 bridgehead atoms. The molecule has 1 aliphatic carbocycles. The number of alkyl halides is 1. The van der Waals surface area contributed by atoms with Gasteiger partial charge < -0.3 is 15.3 Å². The second kappa shape index (κ2) is 3.73. The number of hydrogen-bond acceptors (Lipinski definition) is 2. The Hall–Kier alpha value is -0.840. The maximum atomic E-state index is 13.5. The standard InChI is InChI=1S/C9H15FN2O2/c10-7-5-12(9(13)14)4-3-8(7)11-6-1-2-6/h6-8,11H,1-5H2,(H,13,14). The fourth-order valence-electron chi connectivity index (χ4n) is 1.82. The van der Waals surface area contributed by atoms with Crippen LogP contribution >= 0.6 is 0 Å². The third-order valence-electron chi connectivity index (χ3n) is 2.84. The number of rotatable bonds is 2. The Morgan fingerprint density at radius 1 is 1.43 bits per heavy atom. The van der Waals surface area contributed by atoms with Crippen LogP contribution in [0.15, 0.2) is 0 Å². The second-order valence-corrected chi connectivity index (χ2v) is 4.08. The van der Waals surface area contributed by atoms with Crippen molar-refractivity contribution >= 4 is 6.09 Å². The zero-order valence-electron chi connectivity index (χ0n) is 7.95. The fourth-order valence-corrected chi connectivity index (χ4v) is 1.82. The summed E-state index contributed by atoms with van der Waals surface area (Å²) in [5.74, 6) is 0. The fraction of sp³-hybridized carbons (Fsp3) is 0.889. The van der Waals surface area contributed by atoms with Crippen LogP contribution in [-0.2, 0) is 0 Å². The van der Waals surface area contributed by atoms with Crippen molar-refractivity contribution in [1.82, 2.24) is 10.2 Å². The first-order valence-electron chi connectivity index (χ1n) is 5.05. The molecule has 5 heteroatoms. The van der Waals surface area contributed by atoms with Crippen molar-refractivity contribution in [3.63, 3.8) is 0 Å². The maximum Gasteiger partial charge on any atom is 0.407 e. The third-order valence-corrected chi connectivity index (χ3v) is 2.84. The van der Waals surface area contributed by atoms with Gasteiger partial charge in [0, 0.05) is 18.6 Å². The topological polar surface area (TPSA) is 52.6 Å². The molecule has 2 unspecified atom stereocenters. The highest BCUT2D eigenvalue weighted by Crippen LogP contribution is 2.23. The Balaban J connectivity index is 1.82. The molecular formula is C9H15FN2O2. The van der Waals surface area contributed by atoms with Gasteiger partial charge in [0.05, 0.1) is 6.54 Å². The van der Waals surface area contributed by atoms with Crippen LogP contribution in [0.4, 0.5) is 9.18 Å². The Morgan fingerprint density at radius 3 is 2.64 bits per heavy atom. The predicted octanol–water partition coefficient (Wildman–Crippen LogP) is 0.829. The lowest BCUT2D eigenvalue weighted by atomic mass is 10.0. The molecule has 4 nitrogen and oxygen atoms in total. The van der Waals surface area contributed by atoms with E-state index in [1.165, 1.54) is 0 Å². The Bertz CT molecular complexity index is 233. The first-order valence-corrected chi connectivity index (χ1v) is 5.05. The molecule has 2 N–H and O–H groups in total. The monoisotopic (exact) mass is 202 g/mol. The van der Waals surface area contributed by atoms with E-state index in [4.69, 9.17) is 5.11 Å².